The average Bonchev–Trinajstić information content (AvgIpc) is 2.97. The summed E-state index contributed by atoms with van der Waals surface area (Å²) in [5.74, 6) is 5.19. The molecule has 6 N–H and O–H groups in total. The zero-order chi connectivity index (χ0) is 14.3. The lowest BCUT2D eigenvalue weighted by Gasteiger charge is -2.16. The van der Waals surface area contributed by atoms with Crippen molar-refractivity contribution < 1.29 is 19.8 Å². The number of fused-ring (bicyclic) bond motifs is 1. The van der Waals surface area contributed by atoms with Gasteiger partial charge in [0.1, 0.15) is 30.2 Å². The van der Waals surface area contributed by atoms with Crippen molar-refractivity contribution in [3.8, 4) is 0 Å². The van der Waals surface area contributed by atoms with Gasteiger partial charge in [0.05, 0.1) is 12.9 Å². The summed E-state index contributed by atoms with van der Waals surface area (Å²) in [6.07, 6.45) is -1.18. The second-order valence-electron chi connectivity index (χ2n) is 4.46. The van der Waals surface area contributed by atoms with Crippen molar-refractivity contribution >= 4 is 17.0 Å². The number of hydrogen-bond donors (Lipinski definition) is 4. The molecule has 0 spiro atoms. The highest BCUT2D eigenvalue weighted by atomic mass is 16.6. The minimum Gasteiger partial charge on any atom is -0.387 e. The van der Waals surface area contributed by atoms with Crippen molar-refractivity contribution in [2.75, 3.05) is 12.3 Å². The molecule has 0 saturated carbocycles. The third-order valence-corrected chi connectivity index (χ3v) is 3.26. The molecule has 1 saturated heterocycles. The van der Waals surface area contributed by atoms with Crippen molar-refractivity contribution in [1.82, 2.24) is 19.5 Å². The molecule has 0 radical (unpaired) electrons. The Morgan fingerprint density at radius 3 is 2.85 bits per heavy atom. The number of aliphatic hydroxyl groups excluding tert-OH is 2. The summed E-state index contributed by atoms with van der Waals surface area (Å²) >= 11 is 0. The number of nitrogens with zero attached hydrogens (tertiary/aromatic N) is 4. The fourth-order valence-corrected chi connectivity index (χ4v) is 2.25. The first kappa shape index (κ1) is 13.1. The van der Waals surface area contributed by atoms with E-state index in [4.69, 9.17) is 16.4 Å². The van der Waals surface area contributed by atoms with Crippen LogP contribution in [0.3, 0.4) is 0 Å². The quantitative estimate of drug-likeness (QED) is 0.464. The van der Waals surface area contributed by atoms with Gasteiger partial charge in [0.15, 0.2) is 17.7 Å². The Balaban J connectivity index is 1.97. The molecule has 0 aromatic carbocycles. The van der Waals surface area contributed by atoms with Crippen molar-refractivity contribution in [2.45, 2.75) is 24.5 Å². The van der Waals surface area contributed by atoms with Crippen LogP contribution in [-0.4, -0.2) is 54.7 Å². The fourth-order valence-electron chi connectivity index (χ4n) is 2.25. The molecule has 3 heterocycles. The molecular weight excluding hydrogens is 268 g/mol. The smallest absolute Gasteiger partial charge is 0.167 e. The van der Waals surface area contributed by atoms with E-state index in [2.05, 4.69) is 19.8 Å². The van der Waals surface area contributed by atoms with Gasteiger partial charge < -0.3 is 25.5 Å². The summed E-state index contributed by atoms with van der Waals surface area (Å²) in [4.78, 5) is 16.4. The number of aliphatic hydroxyl groups is 2. The maximum Gasteiger partial charge on any atom is 0.167 e. The summed E-state index contributed by atoms with van der Waals surface area (Å²) in [6, 6.07) is 0. The van der Waals surface area contributed by atoms with Crippen LogP contribution in [-0.2, 0) is 9.57 Å². The highest BCUT2D eigenvalue weighted by Crippen LogP contribution is 2.31. The van der Waals surface area contributed by atoms with Crippen molar-refractivity contribution in [3.05, 3.63) is 12.7 Å². The normalized spacial score (nSPS) is 30.1. The van der Waals surface area contributed by atoms with Crippen LogP contribution in [0.2, 0.25) is 0 Å². The second kappa shape index (κ2) is 4.92. The van der Waals surface area contributed by atoms with E-state index in [1.165, 1.54) is 17.2 Å². The Morgan fingerprint density at radius 2 is 2.10 bits per heavy atom. The lowest BCUT2D eigenvalue weighted by Crippen LogP contribution is -2.34. The van der Waals surface area contributed by atoms with Crippen LogP contribution < -0.4 is 11.6 Å². The van der Waals surface area contributed by atoms with E-state index in [-0.39, 0.29) is 12.4 Å². The van der Waals surface area contributed by atoms with Crippen molar-refractivity contribution in [2.24, 2.45) is 5.90 Å². The summed E-state index contributed by atoms with van der Waals surface area (Å²) in [7, 11) is 0. The molecule has 1 aliphatic heterocycles. The molecule has 0 bridgehead atoms. The van der Waals surface area contributed by atoms with E-state index in [9.17, 15) is 10.2 Å². The monoisotopic (exact) mass is 282 g/mol. The van der Waals surface area contributed by atoms with Crippen LogP contribution in [0.4, 0.5) is 5.82 Å². The maximum absolute atomic E-state index is 10.1. The number of imidazole rings is 1. The van der Waals surface area contributed by atoms with Crippen LogP contribution in [0.5, 0.6) is 0 Å². The SMILES string of the molecule is NOC[C@H]1O[C@@H](n2cnc3c(N)ncnc32)[C@H](O)[C@@H]1O. The third kappa shape index (κ3) is 1.90. The molecule has 1 fully saturated rings. The van der Waals surface area contributed by atoms with Gasteiger partial charge in [0.2, 0.25) is 0 Å². The minimum absolute atomic E-state index is 0.0432. The predicted octanol–water partition coefficient (Wildman–Crippen LogP) is -2.08. The Bertz CT molecular complexity index is 619. The maximum atomic E-state index is 10.1. The summed E-state index contributed by atoms with van der Waals surface area (Å²) in [5, 5.41) is 19.9. The van der Waals surface area contributed by atoms with Crippen LogP contribution in [0.15, 0.2) is 12.7 Å². The number of ether oxygens (including phenoxy) is 1. The third-order valence-electron chi connectivity index (χ3n) is 3.26. The molecule has 2 aromatic heterocycles. The van der Waals surface area contributed by atoms with E-state index in [1.807, 2.05) is 0 Å². The Hall–Kier alpha value is -1.85. The Kier molecular flexibility index (Phi) is 3.23. The molecule has 10 nitrogen and oxygen atoms in total. The van der Waals surface area contributed by atoms with E-state index in [0.717, 1.165) is 0 Å². The number of aromatic nitrogens is 4. The Labute approximate surface area is 112 Å². The van der Waals surface area contributed by atoms with Crippen LogP contribution in [0.1, 0.15) is 6.23 Å². The van der Waals surface area contributed by atoms with Crippen molar-refractivity contribution in [1.29, 1.82) is 0 Å². The van der Waals surface area contributed by atoms with Gasteiger partial charge in [-0.15, -0.1) is 0 Å². The summed E-state index contributed by atoms with van der Waals surface area (Å²) in [5.41, 5.74) is 6.49. The minimum atomic E-state index is -1.16. The highest BCUT2D eigenvalue weighted by Gasteiger charge is 2.44. The van der Waals surface area contributed by atoms with Gasteiger partial charge in [-0.05, 0) is 0 Å². The van der Waals surface area contributed by atoms with Gasteiger partial charge in [-0.2, -0.15) is 0 Å². The molecule has 3 rings (SSSR count). The molecule has 4 atom stereocenters. The summed E-state index contributed by atoms with van der Waals surface area (Å²) in [6.45, 7) is -0.0432. The van der Waals surface area contributed by atoms with Crippen LogP contribution in [0.25, 0.3) is 11.2 Å². The number of rotatable bonds is 3. The molecule has 0 unspecified atom stereocenters. The molecular formula is C10H14N6O4. The zero-order valence-electron chi connectivity index (χ0n) is 10.3. The van der Waals surface area contributed by atoms with E-state index in [1.54, 1.807) is 0 Å². The first-order chi connectivity index (χ1) is 9.63. The van der Waals surface area contributed by atoms with Gasteiger partial charge in [-0.25, -0.2) is 20.8 Å². The lowest BCUT2D eigenvalue weighted by atomic mass is 10.1. The van der Waals surface area contributed by atoms with Crippen LogP contribution >= 0.6 is 0 Å². The number of nitrogens with two attached hydrogens (primary N) is 2. The van der Waals surface area contributed by atoms with Gasteiger partial charge >= 0.3 is 0 Å². The van der Waals surface area contributed by atoms with E-state index < -0.39 is 24.5 Å². The summed E-state index contributed by atoms with van der Waals surface area (Å²) < 4.78 is 7.02. The standard InChI is InChI=1S/C10H14N6O4/c11-8-5-9(14-2-13-8)16(3-15-5)10-7(18)6(17)4(20-10)1-19-12/h2-4,6-7,10,17-18H,1,12H2,(H2,11,13,14)/t4-,6-,7-,10-/m1/s1. The van der Waals surface area contributed by atoms with Gasteiger partial charge in [-0.3, -0.25) is 4.57 Å². The predicted molar refractivity (Wildman–Crippen MR) is 65.8 cm³/mol. The van der Waals surface area contributed by atoms with E-state index >= 15 is 0 Å². The van der Waals surface area contributed by atoms with Gasteiger partial charge in [0, 0.05) is 0 Å². The zero-order valence-corrected chi connectivity index (χ0v) is 10.3. The fraction of sp³-hybridized carbons (Fsp3) is 0.500. The molecule has 1 aliphatic rings. The van der Waals surface area contributed by atoms with Gasteiger partial charge in [-0.1, -0.05) is 0 Å². The number of nitrogen functional groups attached to an aromatic ring is 1. The number of anilines is 1. The Morgan fingerprint density at radius 1 is 1.30 bits per heavy atom. The molecule has 2 aromatic rings. The van der Waals surface area contributed by atoms with Crippen molar-refractivity contribution in [3.63, 3.8) is 0 Å². The first-order valence-electron chi connectivity index (χ1n) is 5.89. The molecule has 0 amide bonds. The number of hydrogen-bond acceptors (Lipinski definition) is 9. The highest BCUT2D eigenvalue weighted by molar-refractivity contribution is 5.81. The average molecular weight is 282 g/mol. The van der Waals surface area contributed by atoms with Crippen LogP contribution in [0, 0.1) is 0 Å². The largest absolute Gasteiger partial charge is 0.387 e. The molecule has 10 heteroatoms. The van der Waals surface area contributed by atoms with Gasteiger partial charge in [0.25, 0.3) is 0 Å². The lowest BCUT2D eigenvalue weighted by molar-refractivity contribution is -0.0660. The topological polar surface area (TPSA) is 155 Å². The first-order valence-corrected chi connectivity index (χ1v) is 5.89. The van der Waals surface area contributed by atoms with E-state index in [0.29, 0.717) is 11.2 Å². The molecule has 108 valence electrons. The molecule has 0 aliphatic carbocycles. The molecule has 20 heavy (non-hydrogen) atoms. The second-order valence-corrected chi connectivity index (χ2v) is 4.46.